The third kappa shape index (κ3) is 4.90. The van der Waals surface area contributed by atoms with Crippen LogP contribution in [0.3, 0.4) is 0 Å². The smallest absolute Gasteiger partial charge is 0.248 e. The van der Waals surface area contributed by atoms with E-state index in [1.807, 2.05) is 0 Å². The Bertz CT molecular complexity index is 667. The number of hydrogen-bond donors (Lipinski definition) is 2. The highest BCUT2D eigenvalue weighted by Gasteiger charge is 2.30. The van der Waals surface area contributed by atoms with Crippen molar-refractivity contribution in [1.82, 2.24) is 4.31 Å². The molecule has 0 aromatic heterocycles. The molecule has 6 nitrogen and oxygen atoms in total. The van der Waals surface area contributed by atoms with Crippen molar-refractivity contribution in [2.45, 2.75) is 24.2 Å². The lowest BCUT2D eigenvalue weighted by Crippen LogP contribution is -2.40. The van der Waals surface area contributed by atoms with E-state index in [0.717, 1.165) is 19.3 Å². The van der Waals surface area contributed by atoms with Crippen LogP contribution in [0.15, 0.2) is 27.6 Å². The second kappa shape index (κ2) is 8.43. The first-order valence-electron chi connectivity index (χ1n) is 7.15. The number of piperidine rings is 1. The van der Waals surface area contributed by atoms with Gasteiger partial charge in [-0.1, -0.05) is 15.9 Å². The van der Waals surface area contributed by atoms with Gasteiger partial charge in [0.05, 0.1) is 4.90 Å². The molecule has 1 aromatic carbocycles. The van der Waals surface area contributed by atoms with Gasteiger partial charge < -0.3 is 11.5 Å². The average molecular weight is 427 g/mol. The minimum atomic E-state index is -3.64. The van der Waals surface area contributed by atoms with Crippen LogP contribution < -0.4 is 11.5 Å². The molecular weight excluding hydrogens is 406 g/mol. The second-order valence-electron chi connectivity index (χ2n) is 5.49. The molecule has 1 amide bonds. The Labute approximate surface area is 151 Å². The summed E-state index contributed by atoms with van der Waals surface area (Å²) in [5, 5.41) is 0. The van der Waals surface area contributed by atoms with Crippen LogP contribution in [0.1, 0.15) is 29.6 Å². The SMILES string of the molecule is Cl.NCCC1CCCN(S(=O)(=O)c2cc(Br)cc(C(N)=O)c2)C1. The van der Waals surface area contributed by atoms with E-state index in [4.69, 9.17) is 11.5 Å². The van der Waals surface area contributed by atoms with Crippen molar-refractivity contribution in [1.29, 1.82) is 0 Å². The van der Waals surface area contributed by atoms with Crippen molar-refractivity contribution in [3.63, 3.8) is 0 Å². The van der Waals surface area contributed by atoms with E-state index in [-0.39, 0.29) is 28.8 Å². The Hall–Kier alpha value is -0.670. The molecule has 0 spiro atoms. The van der Waals surface area contributed by atoms with Crippen LogP contribution in [0.5, 0.6) is 0 Å². The summed E-state index contributed by atoms with van der Waals surface area (Å²) in [6, 6.07) is 4.33. The van der Waals surface area contributed by atoms with Crippen LogP contribution in [-0.2, 0) is 10.0 Å². The van der Waals surface area contributed by atoms with Crippen LogP contribution in [0, 0.1) is 5.92 Å². The van der Waals surface area contributed by atoms with Crippen molar-refractivity contribution in [3.05, 3.63) is 28.2 Å². The maximum absolute atomic E-state index is 12.8. The summed E-state index contributed by atoms with van der Waals surface area (Å²) >= 11 is 3.23. The molecule has 1 atom stereocenters. The van der Waals surface area contributed by atoms with Gasteiger partial charge in [0.2, 0.25) is 15.9 Å². The van der Waals surface area contributed by atoms with Crippen molar-refractivity contribution < 1.29 is 13.2 Å². The van der Waals surface area contributed by atoms with Crippen molar-refractivity contribution in [2.24, 2.45) is 17.4 Å². The molecule has 1 heterocycles. The molecule has 23 heavy (non-hydrogen) atoms. The molecule has 1 aromatic rings. The summed E-state index contributed by atoms with van der Waals surface area (Å²) in [5.74, 6) is -0.367. The van der Waals surface area contributed by atoms with Gasteiger partial charge in [-0.15, -0.1) is 12.4 Å². The Balaban J connectivity index is 0.00000264. The lowest BCUT2D eigenvalue weighted by atomic mass is 9.96. The minimum absolute atomic E-state index is 0. The summed E-state index contributed by atoms with van der Waals surface area (Å²) in [7, 11) is -3.64. The van der Waals surface area contributed by atoms with Crippen LogP contribution >= 0.6 is 28.3 Å². The molecule has 1 saturated heterocycles. The third-order valence-electron chi connectivity index (χ3n) is 3.85. The largest absolute Gasteiger partial charge is 0.366 e. The van der Waals surface area contributed by atoms with Gasteiger partial charge in [0, 0.05) is 23.1 Å². The maximum atomic E-state index is 12.8. The molecule has 4 N–H and O–H groups in total. The third-order valence-corrected chi connectivity index (χ3v) is 6.15. The fourth-order valence-corrected chi connectivity index (χ4v) is 4.99. The summed E-state index contributed by atoms with van der Waals surface area (Å²) in [5.41, 5.74) is 11.0. The van der Waals surface area contributed by atoms with E-state index in [0.29, 0.717) is 24.1 Å². The maximum Gasteiger partial charge on any atom is 0.248 e. The highest BCUT2D eigenvalue weighted by Crippen LogP contribution is 2.27. The van der Waals surface area contributed by atoms with Gasteiger partial charge in [-0.2, -0.15) is 4.31 Å². The molecule has 1 aliphatic rings. The van der Waals surface area contributed by atoms with Gasteiger partial charge in [-0.05, 0) is 49.9 Å². The predicted octanol–water partition coefficient (Wildman–Crippen LogP) is 1.72. The molecule has 9 heteroatoms. The number of carbonyl (C=O) groups is 1. The standard InChI is InChI=1S/C14H20BrN3O3S.ClH/c15-12-6-11(14(17)19)7-13(8-12)22(20,21)18-5-1-2-10(9-18)3-4-16;/h6-8,10H,1-5,9,16H2,(H2,17,19);1H. The van der Waals surface area contributed by atoms with Crippen molar-refractivity contribution in [2.75, 3.05) is 19.6 Å². The number of halogens is 2. The minimum Gasteiger partial charge on any atom is -0.366 e. The zero-order valence-corrected chi connectivity index (χ0v) is 15.8. The monoisotopic (exact) mass is 425 g/mol. The number of nitrogens with zero attached hydrogens (tertiary/aromatic N) is 1. The number of primary amides is 1. The summed E-state index contributed by atoms with van der Waals surface area (Å²) in [4.78, 5) is 11.4. The van der Waals surface area contributed by atoms with E-state index in [9.17, 15) is 13.2 Å². The normalized spacial score (nSPS) is 19.1. The fraction of sp³-hybridized carbons (Fsp3) is 0.500. The number of benzene rings is 1. The number of hydrogen-bond acceptors (Lipinski definition) is 4. The Morgan fingerprint density at radius 3 is 2.65 bits per heavy atom. The topological polar surface area (TPSA) is 106 Å². The molecule has 0 bridgehead atoms. The average Bonchev–Trinajstić information content (AvgIpc) is 2.47. The lowest BCUT2D eigenvalue weighted by Gasteiger charge is -2.31. The number of carbonyl (C=O) groups excluding carboxylic acids is 1. The van der Waals surface area contributed by atoms with Crippen molar-refractivity contribution in [3.8, 4) is 0 Å². The first kappa shape index (κ1) is 20.4. The summed E-state index contributed by atoms with van der Waals surface area (Å²) < 4.78 is 27.6. The molecule has 1 aliphatic heterocycles. The molecule has 1 fully saturated rings. The van der Waals surface area contributed by atoms with Gasteiger partial charge in [0.1, 0.15) is 0 Å². The fourth-order valence-electron chi connectivity index (χ4n) is 2.72. The number of nitrogens with two attached hydrogens (primary N) is 2. The van der Waals surface area contributed by atoms with Gasteiger partial charge in [0.15, 0.2) is 0 Å². The van der Waals surface area contributed by atoms with E-state index in [1.165, 1.54) is 22.5 Å². The van der Waals surface area contributed by atoms with Crippen molar-refractivity contribution >= 4 is 44.3 Å². The lowest BCUT2D eigenvalue weighted by molar-refractivity contribution is 0.1000. The molecule has 130 valence electrons. The second-order valence-corrected chi connectivity index (χ2v) is 8.34. The van der Waals surface area contributed by atoms with Crippen LogP contribution in [0.25, 0.3) is 0 Å². The molecule has 0 aliphatic carbocycles. The Morgan fingerprint density at radius 2 is 2.04 bits per heavy atom. The molecule has 0 saturated carbocycles. The van der Waals surface area contributed by atoms with Crippen LogP contribution in [-0.4, -0.2) is 38.3 Å². The highest BCUT2D eigenvalue weighted by molar-refractivity contribution is 9.10. The predicted molar refractivity (Wildman–Crippen MR) is 95.1 cm³/mol. The van der Waals surface area contributed by atoms with E-state index >= 15 is 0 Å². The zero-order chi connectivity index (χ0) is 16.3. The highest BCUT2D eigenvalue weighted by atomic mass is 79.9. The van der Waals surface area contributed by atoms with Gasteiger partial charge >= 0.3 is 0 Å². The Morgan fingerprint density at radius 1 is 1.35 bits per heavy atom. The first-order chi connectivity index (χ1) is 10.3. The quantitative estimate of drug-likeness (QED) is 0.747. The van der Waals surface area contributed by atoms with Gasteiger partial charge in [-0.25, -0.2) is 8.42 Å². The van der Waals surface area contributed by atoms with E-state index < -0.39 is 15.9 Å². The van der Waals surface area contributed by atoms with E-state index in [1.54, 1.807) is 0 Å². The first-order valence-corrected chi connectivity index (χ1v) is 9.38. The molecule has 1 unspecified atom stereocenters. The van der Waals surface area contributed by atoms with Crippen LogP contribution in [0.2, 0.25) is 0 Å². The summed E-state index contributed by atoms with van der Waals surface area (Å²) in [6.45, 7) is 1.51. The zero-order valence-electron chi connectivity index (χ0n) is 12.6. The molecule has 2 rings (SSSR count). The molecular formula is C14H21BrClN3O3S. The number of sulfonamides is 1. The van der Waals surface area contributed by atoms with Crippen LogP contribution in [0.4, 0.5) is 0 Å². The molecule has 0 radical (unpaired) electrons. The van der Waals surface area contributed by atoms with E-state index in [2.05, 4.69) is 15.9 Å². The van der Waals surface area contributed by atoms with Gasteiger partial charge in [0.25, 0.3) is 0 Å². The number of amides is 1. The van der Waals surface area contributed by atoms with Gasteiger partial charge in [-0.3, -0.25) is 4.79 Å². The Kier molecular flexibility index (Phi) is 7.47. The number of rotatable bonds is 5. The summed E-state index contributed by atoms with van der Waals surface area (Å²) in [6.07, 6.45) is 2.63.